The number of aromatic nitrogens is 2. The summed E-state index contributed by atoms with van der Waals surface area (Å²) in [6.45, 7) is 4.77. The Morgan fingerprint density at radius 1 is 1.50 bits per heavy atom. The Balaban J connectivity index is 2.07. The third kappa shape index (κ3) is 3.30. The van der Waals surface area contributed by atoms with Gasteiger partial charge in [0, 0.05) is 19.6 Å². The summed E-state index contributed by atoms with van der Waals surface area (Å²) in [4.78, 5) is 12.9. The van der Waals surface area contributed by atoms with E-state index >= 15 is 0 Å². The minimum Gasteiger partial charge on any atom is -0.476 e. The maximum Gasteiger partial charge on any atom is 0.242 e. The Morgan fingerprint density at radius 2 is 2.30 bits per heavy atom. The molecule has 2 N–H and O–H groups in total. The molecule has 0 aromatic carbocycles. The number of hydrogen-bond donors (Lipinski definition) is 1. The second kappa shape index (κ2) is 6.74. The van der Waals surface area contributed by atoms with Gasteiger partial charge >= 0.3 is 0 Å². The molecule has 20 heavy (non-hydrogen) atoms. The van der Waals surface area contributed by atoms with E-state index in [1.807, 2.05) is 7.05 Å². The van der Waals surface area contributed by atoms with Gasteiger partial charge < -0.3 is 20.3 Å². The van der Waals surface area contributed by atoms with E-state index in [1.165, 1.54) is 25.7 Å². The van der Waals surface area contributed by atoms with Gasteiger partial charge in [0.05, 0.1) is 6.61 Å². The van der Waals surface area contributed by atoms with Gasteiger partial charge in [0.1, 0.15) is 12.0 Å². The summed E-state index contributed by atoms with van der Waals surface area (Å²) in [5.74, 6) is 1.25. The first-order valence-corrected chi connectivity index (χ1v) is 7.28. The fourth-order valence-electron chi connectivity index (χ4n) is 2.60. The number of likely N-dealkylation sites (tertiary alicyclic amines) is 1. The summed E-state index contributed by atoms with van der Waals surface area (Å²) >= 11 is 0. The van der Waals surface area contributed by atoms with Crippen molar-refractivity contribution >= 4 is 11.5 Å². The fourth-order valence-corrected chi connectivity index (χ4v) is 2.60. The average molecular weight is 279 g/mol. The molecule has 6 heteroatoms. The lowest BCUT2D eigenvalue weighted by Crippen LogP contribution is -2.37. The van der Waals surface area contributed by atoms with Gasteiger partial charge in [-0.25, -0.2) is 4.98 Å². The van der Waals surface area contributed by atoms with E-state index in [0.717, 1.165) is 18.8 Å². The normalized spacial score (nSPS) is 19.2. The van der Waals surface area contributed by atoms with Crippen LogP contribution in [-0.4, -0.2) is 54.7 Å². The van der Waals surface area contributed by atoms with E-state index in [9.17, 15) is 0 Å². The molecule has 1 aliphatic rings. The van der Waals surface area contributed by atoms with E-state index in [2.05, 4.69) is 33.7 Å². The molecule has 1 aromatic heterocycles. The average Bonchev–Trinajstić information content (AvgIpc) is 2.83. The van der Waals surface area contributed by atoms with E-state index < -0.39 is 0 Å². The highest BCUT2D eigenvalue weighted by Gasteiger charge is 2.23. The van der Waals surface area contributed by atoms with Gasteiger partial charge in [-0.3, -0.25) is 0 Å². The molecular formula is C14H25N5O. The van der Waals surface area contributed by atoms with Crippen LogP contribution in [0.5, 0.6) is 5.88 Å². The maximum absolute atomic E-state index is 6.13. The van der Waals surface area contributed by atoms with Crippen LogP contribution >= 0.6 is 0 Å². The van der Waals surface area contributed by atoms with Crippen LogP contribution in [0.2, 0.25) is 0 Å². The van der Waals surface area contributed by atoms with Gasteiger partial charge in [0.15, 0.2) is 5.82 Å². The Kier molecular flexibility index (Phi) is 5.00. The number of nitrogen functional groups attached to an aromatic ring is 1. The van der Waals surface area contributed by atoms with Crippen LogP contribution in [0.1, 0.15) is 26.2 Å². The third-order valence-electron chi connectivity index (χ3n) is 3.79. The number of hydrogen-bond acceptors (Lipinski definition) is 6. The highest BCUT2D eigenvalue weighted by atomic mass is 16.5. The monoisotopic (exact) mass is 279 g/mol. The predicted molar refractivity (Wildman–Crippen MR) is 81.2 cm³/mol. The number of likely N-dealkylation sites (N-methyl/N-ethyl adjacent to an activating group) is 2. The summed E-state index contributed by atoms with van der Waals surface area (Å²) < 4.78 is 5.55. The molecule has 1 atom stereocenters. The second-order valence-corrected chi connectivity index (χ2v) is 5.42. The summed E-state index contributed by atoms with van der Waals surface area (Å²) in [5.41, 5.74) is 6.66. The van der Waals surface area contributed by atoms with Crippen molar-refractivity contribution in [3.05, 3.63) is 6.33 Å². The fraction of sp³-hybridized carbons (Fsp3) is 0.714. The van der Waals surface area contributed by atoms with Gasteiger partial charge in [0.25, 0.3) is 0 Å². The lowest BCUT2D eigenvalue weighted by Gasteiger charge is -2.27. The highest BCUT2D eigenvalue weighted by Crippen LogP contribution is 2.28. The van der Waals surface area contributed by atoms with Crippen molar-refractivity contribution in [3.8, 4) is 5.88 Å². The van der Waals surface area contributed by atoms with Crippen molar-refractivity contribution in [2.45, 2.75) is 32.2 Å². The molecule has 0 saturated carbocycles. The van der Waals surface area contributed by atoms with E-state index in [1.54, 1.807) is 0 Å². The molecule has 1 aliphatic heterocycles. The zero-order valence-electron chi connectivity index (χ0n) is 12.7. The molecule has 1 fully saturated rings. The molecule has 6 nitrogen and oxygen atoms in total. The smallest absolute Gasteiger partial charge is 0.242 e. The summed E-state index contributed by atoms with van der Waals surface area (Å²) in [6, 6.07) is 0.564. The first-order chi connectivity index (χ1) is 9.63. The summed E-state index contributed by atoms with van der Waals surface area (Å²) in [7, 11) is 4.19. The maximum atomic E-state index is 6.13. The molecule has 2 heterocycles. The van der Waals surface area contributed by atoms with Crippen molar-refractivity contribution in [3.63, 3.8) is 0 Å². The van der Waals surface area contributed by atoms with Gasteiger partial charge in [-0.1, -0.05) is 6.92 Å². The van der Waals surface area contributed by atoms with Crippen LogP contribution in [0.3, 0.4) is 0 Å². The van der Waals surface area contributed by atoms with Crippen molar-refractivity contribution < 1.29 is 4.74 Å². The highest BCUT2D eigenvalue weighted by molar-refractivity contribution is 5.67. The molecule has 112 valence electrons. The molecule has 2 rings (SSSR count). The van der Waals surface area contributed by atoms with Crippen LogP contribution in [0, 0.1) is 0 Å². The number of anilines is 2. The lowest BCUT2D eigenvalue weighted by molar-refractivity contribution is 0.305. The van der Waals surface area contributed by atoms with Gasteiger partial charge in [-0.2, -0.15) is 4.98 Å². The minimum absolute atomic E-state index is 0.489. The van der Waals surface area contributed by atoms with Crippen LogP contribution in [-0.2, 0) is 0 Å². The molecule has 0 amide bonds. The summed E-state index contributed by atoms with van der Waals surface area (Å²) in [6.07, 6.45) is 4.94. The Morgan fingerprint density at radius 3 is 2.95 bits per heavy atom. The molecule has 0 bridgehead atoms. The third-order valence-corrected chi connectivity index (χ3v) is 3.79. The number of nitrogens with zero attached hydrogens (tertiary/aromatic N) is 4. The predicted octanol–water partition coefficient (Wildman–Crippen LogP) is 1.38. The first-order valence-electron chi connectivity index (χ1n) is 7.28. The quantitative estimate of drug-likeness (QED) is 0.848. The Labute approximate surface area is 120 Å². The standard InChI is InChI=1S/C14H25N5O/c1-4-8-20-14-12(15)13(16-10-17-14)19(3)9-11-6-5-7-18(11)2/h10-11H,4-9,15H2,1-3H3. The molecule has 1 saturated heterocycles. The SMILES string of the molecule is CCCOc1ncnc(N(C)CC2CCCN2C)c1N. The Hall–Kier alpha value is -1.56. The van der Waals surface area contributed by atoms with Crippen molar-refractivity contribution in [2.75, 3.05) is 44.4 Å². The molecule has 0 aliphatic carbocycles. The van der Waals surface area contributed by atoms with Gasteiger partial charge in [-0.15, -0.1) is 0 Å². The molecule has 0 radical (unpaired) electrons. The van der Waals surface area contributed by atoms with Crippen LogP contribution in [0.25, 0.3) is 0 Å². The molecule has 0 spiro atoms. The molecule has 1 aromatic rings. The number of rotatable bonds is 6. The number of ether oxygens (including phenoxy) is 1. The van der Waals surface area contributed by atoms with Crippen molar-refractivity contribution in [1.29, 1.82) is 0 Å². The van der Waals surface area contributed by atoms with Crippen LogP contribution in [0.15, 0.2) is 6.33 Å². The lowest BCUT2D eigenvalue weighted by atomic mass is 10.2. The minimum atomic E-state index is 0.489. The van der Waals surface area contributed by atoms with Crippen molar-refractivity contribution in [1.82, 2.24) is 14.9 Å². The zero-order valence-corrected chi connectivity index (χ0v) is 12.7. The van der Waals surface area contributed by atoms with Gasteiger partial charge in [0.2, 0.25) is 5.88 Å². The van der Waals surface area contributed by atoms with Gasteiger partial charge in [-0.05, 0) is 32.9 Å². The largest absolute Gasteiger partial charge is 0.476 e. The van der Waals surface area contributed by atoms with Crippen LogP contribution in [0.4, 0.5) is 11.5 Å². The van der Waals surface area contributed by atoms with E-state index in [-0.39, 0.29) is 0 Å². The Bertz CT molecular complexity index is 440. The van der Waals surface area contributed by atoms with Crippen molar-refractivity contribution in [2.24, 2.45) is 0 Å². The van der Waals surface area contributed by atoms with E-state index in [4.69, 9.17) is 10.5 Å². The summed E-state index contributed by atoms with van der Waals surface area (Å²) in [5, 5.41) is 0. The zero-order chi connectivity index (χ0) is 14.5. The number of nitrogens with two attached hydrogens (primary N) is 1. The van der Waals surface area contributed by atoms with Crippen LogP contribution < -0.4 is 15.4 Å². The first kappa shape index (κ1) is 14.8. The van der Waals surface area contributed by atoms with E-state index in [0.29, 0.717) is 24.2 Å². The topological polar surface area (TPSA) is 67.5 Å². The molecule has 1 unspecified atom stereocenters. The molecular weight excluding hydrogens is 254 g/mol. The second-order valence-electron chi connectivity index (χ2n) is 5.42.